The van der Waals surface area contributed by atoms with Crippen molar-refractivity contribution in [1.82, 2.24) is 0 Å². The number of nitrogens with two attached hydrogens (primary N) is 2. The van der Waals surface area contributed by atoms with Gasteiger partial charge in [0.1, 0.15) is 0 Å². The highest BCUT2D eigenvalue weighted by molar-refractivity contribution is 9.17. The van der Waals surface area contributed by atoms with Crippen molar-refractivity contribution >= 4 is 37.0 Å². The fourth-order valence-corrected chi connectivity index (χ4v) is 0.616. The Balaban J connectivity index is 4.19. The van der Waals surface area contributed by atoms with E-state index in [1.54, 1.807) is 0 Å². The molecule has 0 aliphatic rings. The maximum Gasteiger partial charge on any atom is 0.0696 e. The summed E-state index contributed by atoms with van der Waals surface area (Å²) in [6.07, 6.45) is 2.83. The van der Waals surface area contributed by atoms with Crippen LogP contribution >= 0.6 is 31.9 Å². The summed E-state index contributed by atoms with van der Waals surface area (Å²) < 4.78 is 0.658. The zero-order chi connectivity index (χ0) is 7.98. The van der Waals surface area contributed by atoms with Crippen LogP contribution in [0.4, 0.5) is 0 Å². The van der Waals surface area contributed by atoms with Crippen molar-refractivity contribution in [2.45, 2.75) is 0 Å². The quantitative estimate of drug-likeness (QED) is 0.588. The van der Waals surface area contributed by atoms with Gasteiger partial charge in [-0.15, -0.1) is 0 Å². The number of hydrogen-bond donors (Lipinski definition) is 2. The molecule has 0 heterocycles. The molecule has 56 valence electrons. The maximum absolute atomic E-state index is 5.39. The molecule has 0 rings (SSSR count). The van der Waals surface area contributed by atoms with Crippen molar-refractivity contribution in [3.63, 3.8) is 0 Å². The van der Waals surface area contributed by atoms with E-state index in [9.17, 15) is 0 Å². The number of hydrogen-bond acceptors (Lipinski definition) is 3. The van der Waals surface area contributed by atoms with E-state index in [-0.39, 0.29) is 0 Å². The second-order valence-corrected chi connectivity index (χ2v) is 2.61. The van der Waals surface area contributed by atoms with E-state index >= 15 is 0 Å². The molecule has 0 unspecified atom stereocenters. The molecule has 0 bridgehead atoms. The fourth-order valence-electron chi connectivity index (χ4n) is 0.248. The summed E-state index contributed by atoms with van der Waals surface area (Å²) in [6, 6.07) is 0. The topological polar surface area (TPSA) is 64.4 Å². The van der Waals surface area contributed by atoms with Gasteiger partial charge in [0.2, 0.25) is 0 Å². The molecule has 0 atom stereocenters. The molecule has 4 N–H and O–H groups in total. The first kappa shape index (κ1) is 9.71. The minimum Gasteiger partial charge on any atom is -0.403 e. The van der Waals surface area contributed by atoms with Gasteiger partial charge in [0.05, 0.1) is 15.3 Å². The average Bonchev–Trinajstić information content (AvgIpc) is 1.98. The van der Waals surface area contributed by atoms with Crippen LogP contribution < -0.4 is 11.5 Å². The first-order chi connectivity index (χ1) is 4.72. The van der Waals surface area contributed by atoms with Crippen LogP contribution in [0.15, 0.2) is 27.6 Å². The lowest BCUT2D eigenvalue weighted by molar-refractivity contribution is 1.34. The van der Waals surface area contributed by atoms with Gasteiger partial charge >= 0.3 is 0 Å². The molecule has 5 heteroatoms. The van der Waals surface area contributed by atoms with Crippen molar-refractivity contribution in [1.29, 1.82) is 0 Å². The van der Waals surface area contributed by atoms with Crippen LogP contribution in [0, 0.1) is 0 Å². The van der Waals surface area contributed by atoms with Crippen LogP contribution in [-0.2, 0) is 0 Å². The van der Waals surface area contributed by atoms with Gasteiger partial charge in [0, 0.05) is 12.4 Å². The zero-order valence-electron chi connectivity index (χ0n) is 5.09. The minimum atomic E-state index is 0.457. The first-order valence-corrected chi connectivity index (χ1v) is 4.08. The van der Waals surface area contributed by atoms with Crippen LogP contribution in [0.5, 0.6) is 0 Å². The van der Waals surface area contributed by atoms with Crippen molar-refractivity contribution < 1.29 is 0 Å². The van der Waals surface area contributed by atoms with E-state index in [2.05, 4.69) is 36.9 Å². The van der Waals surface area contributed by atoms with E-state index in [1.807, 2.05) is 0 Å². The van der Waals surface area contributed by atoms with Gasteiger partial charge in [-0.05, 0) is 31.9 Å². The Morgan fingerprint density at radius 3 is 2.50 bits per heavy atom. The Labute approximate surface area is 76.1 Å². The van der Waals surface area contributed by atoms with E-state index in [1.165, 1.54) is 17.5 Å². The highest BCUT2D eigenvalue weighted by Gasteiger charge is 1.91. The standard InChI is InChI=1S/C5H7Br2N3/c6-3-10-2-4(7)5(9)1-8/h1-3H,8-9H2/b4-2+,5-1-,10-3?. The third-order valence-electron chi connectivity index (χ3n) is 0.700. The van der Waals surface area contributed by atoms with E-state index in [4.69, 9.17) is 11.5 Å². The normalized spacial score (nSPS) is 14.6. The molecule has 0 aliphatic heterocycles. The average molecular weight is 269 g/mol. The van der Waals surface area contributed by atoms with Gasteiger partial charge in [-0.3, -0.25) is 4.99 Å². The summed E-state index contributed by atoms with van der Waals surface area (Å²) >= 11 is 6.16. The van der Waals surface area contributed by atoms with Crippen LogP contribution in [0.25, 0.3) is 0 Å². The predicted octanol–water partition coefficient (Wildman–Crippen LogP) is 1.40. The SMILES string of the molecule is N/C=C(N)/C(Br)=C\N=CBr. The Bertz CT molecular complexity index is 183. The van der Waals surface area contributed by atoms with Gasteiger partial charge < -0.3 is 11.5 Å². The molecule has 0 amide bonds. The van der Waals surface area contributed by atoms with Crippen LogP contribution in [0.2, 0.25) is 0 Å². The number of rotatable bonds is 2. The molecule has 0 aromatic heterocycles. The summed E-state index contributed by atoms with van der Waals surface area (Å²) in [5.41, 5.74) is 11.0. The molecule has 0 fully saturated rings. The Morgan fingerprint density at radius 2 is 2.10 bits per heavy atom. The van der Waals surface area contributed by atoms with Crippen molar-refractivity contribution in [3.05, 3.63) is 22.6 Å². The zero-order valence-corrected chi connectivity index (χ0v) is 8.26. The Hall–Kier alpha value is -0.290. The molecule has 0 aromatic rings. The lowest BCUT2D eigenvalue weighted by Gasteiger charge is -1.93. The summed E-state index contributed by atoms with van der Waals surface area (Å²) in [6.45, 7) is 0. The Morgan fingerprint density at radius 1 is 1.50 bits per heavy atom. The third-order valence-corrected chi connectivity index (χ3v) is 1.60. The number of allylic oxidation sites excluding steroid dienone is 1. The molecule has 0 aliphatic carbocycles. The molecular formula is C5H7Br2N3. The number of nitrogens with zero attached hydrogens (tertiary/aromatic N) is 1. The highest BCUT2D eigenvalue weighted by Crippen LogP contribution is 2.10. The van der Waals surface area contributed by atoms with Crippen LogP contribution in [-0.4, -0.2) is 5.12 Å². The summed E-state index contributed by atoms with van der Waals surface area (Å²) in [4.78, 5) is 3.75. The van der Waals surface area contributed by atoms with Gasteiger partial charge in [-0.2, -0.15) is 0 Å². The van der Waals surface area contributed by atoms with Crippen LogP contribution in [0.3, 0.4) is 0 Å². The molecule has 3 nitrogen and oxygen atoms in total. The van der Waals surface area contributed by atoms with Crippen molar-refractivity contribution in [3.8, 4) is 0 Å². The lowest BCUT2D eigenvalue weighted by atomic mass is 10.5. The number of halogens is 2. The fraction of sp³-hybridized carbons (Fsp3) is 0. The van der Waals surface area contributed by atoms with E-state index in [0.717, 1.165) is 0 Å². The molecule has 10 heavy (non-hydrogen) atoms. The molecular weight excluding hydrogens is 262 g/mol. The van der Waals surface area contributed by atoms with E-state index in [0.29, 0.717) is 10.2 Å². The lowest BCUT2D eigenvalue weighted by Crippen LogP contribution is -1.99. The second-order valence-electron chi connectivity index (χ2n) is 1.35. The number of aliphatic imine (C=N–C) groups is 1. The predicted molar refractivity (Wildman–Crippen MR) is 50.9 cm³/mol. The minimum absolute atomic E-state index is 0.457. The smallest absolute Gasteiger partial charge is 0.0696 e. The van der Waals surface area contributed by atoms with Gasteiger partial charge in [0.25, 0.3) is 0 Å². The molecule has 0 radical (unpaired) electrons. The second kappa shape index (κ2) is 5.49. The molecule has 0 spiro atoms. The Kier molecular flexibility index (Phi) is 5.33. The van der Waals surface area contributed by atoms with Crippen molar-refractivity contribution in [2.24, 2.45) is 16.5 Å². The van der Waals surface area contributed by atoms with Gasteiger partial charge in [-0.1, -0.05) is 0 Å². The molecule has 0 aromatic carbocycles. The maximum atomic E-state index is 5.39. The summed E-state index contributed by atoms with van der Waals surface area (Å²) in [5.74, 6) is 0. The van der Waals surface area contributed by atoms with Crippen LogP contribution in [0.1, 0.15) is 0 Å². The first-order valence-electron chi connectivity index (χ1n) is 2.37. The molecule has 0 saturated heterocycles. The van der Waals surface area contributed by atoms with Crippen molar-refractivity contribution in [2.75, 3.05) is 0 Å². The van der Waals surface area contributed by atoms with Gasteiger partial charge in [0.15, 0.2) is 0 Å². The van der Waals surface area contributed by atoms with Gasteiger partial charge in [-0.25, -0.2) is 0 Å². The molecule has 0 saturated carbocycles. The summed E-state index contributed by atoms with van der Waals surface area (Å²) in [7, 11) is 0. The monoisotopic (exact) mass is 267 g/mol. The third kappa shape index (κ3) is 3.68. The summed E-state index contributed by atoms with van der Waals surface area (Å²) in [5, 5.41) is 1.47. The largest absolute Gasteiger partial charge is 0.403 e. The highest BCUT2D eigenvalue weighted by atomic mass is 79.9. The van der Waals surface area contributed by atoms with E-state index < -0.39 is 0 Å².